The number of para-hydroxylation sites is 1. The van der Waals surface area contributed by atoms with Crippen molar-refractivity contribution < 1.29 is 26.7 Å². The van der Waals surface area contributed by atoms with Crippen LogP contribution in [0.15, 0.2) is 53.4 Å². The monoisotopic (exact) mass is 404 g/mol. The molecule has 0 bridgehead atoms. The second kappa shape index (κ2) is 8.33. The van der Waals surface area contributed by atoms with E-state index in [0.717, 1.165) is 22.5 Å². The zero-order valence-corrected chi connectivity index (χ0v) is 14.9. The van der Waals surface area contributed by atoms with Crippen LogP contribution in [0.4, 0.5) is 14.5 Å². The van der Waals surface area contributed by atoms with Crippen LogP contribution in [0.1, 0.15) is 6.42 Å². The summed E-state index contributed by atoms with van der Waals surface area (Å²) in [6.45, 7) is -3.28. The molecule has 26 heavy (non-hydrogen) atoms. The molecule has 2 N–H and O–H groups in total. The summed E-state index contributed by atoms with van der Waals surface area (Å²) in [5.41, 5.74) is 5.44. The number of sulfonamides is 1. The highest BCUT2D eigenvalue weighted by Crippen LogP contribution is 2.31. The maximum atomic E-state index is 13.0. The van der Waals surface area contributed by atoms with Crippen molar-refractivity contribution in [2.24, 2.45) is 5.73 Å². The highest BCUT2D eigenvalue weighted by molar-refractivity contribution is 7.92. The van der Waals surface area contributed by atoms with Crippen molar-refractivity contribution in [2.75, 3.05) is 10.8 Å². The zero-order valence-electron chi connectivity index (χ0n) is 13.3. The molecule has 140 valence electrons. The van der Waals surface area contributed by atoms with E-state index in [1.54, 1.807) is 30.3 Å². The fourth-order valence-electron chi connectivity index (χ4n) is 2.15. The average Bonchev–Trinajstić information content (AvgIpc) is 2.57. The fraction of sp³-hybridized carbons (Fsp3) is 0.188. The molecule has 0 radical (unpaired) electrons. The molecule has 0 saturated heterocycles. The third kappa shape index (κ3) is 4.83. The van der Waals surface area contributed by atoms with E-state index in [2.05, 4.69) is 4.74 Å². The number of anilines is 1. The van der Waals surface area contributed by atoms with Crippen molar-refractivity contribution in [3.63, 3.8) is 0 Å². The smallest absolute Gasteiger partial charge is 0.387 e. The predicted octanol–water partition coefficient (Wildman–Crippen LogP) is 3.01. The van der Waals surface area contributed by atoms with Gasteiger partial charge in [0.25, 0.3) is 10.0 Å². The molecule has 0 unspecified atom stereocenters. The molecule has 0 aromatic heterocycles. The third-order valence-electron chi connectivity index (χ3n) is 3.31. The molecule has 0 aliphatic rings. The first-order valence-electron chi connectivity index (χ1n) is 7.32. The summed E-state index contributed by atoms with van der Waals surface area (Å²) in [6.07, 6.45) is -0.200. The number of carbonyl (C=O) groups excluding carboxylic acids is 1. The van der Waals surface area contributed by atoms with Gasteiger partial charge in [-0.05, 0) is 30.3 Å². The molecule has 6 nitrogen and oxygen atoms in total. The standard InChI is InChI=1S/C16H15ClF2N2O4S/c17-13-10-12(6-7-14(13)25-16(18)19)26(23,24)21(9-8-15(20)22)11-4-2-1-3-5-11/h1-7,10,16H,8-9H2,(H2,20,22). The van der Waals surface area contributed by atoms with E-state index in [1.165, 1.54) is 0 Å². The predicted molar refractivity (Wildman–Crippen MR) is 92.9 cm³/mol. The molecule has 0 aliphatic heterocycles. The molecule has 1 amide bonds. The van der Waals surface area contributed by atoms with Gasteiger partial charge in [0.2, 0.25) is 5.91 Å². The normalized spacial score (nSPS) is 11.4. The Balaban J connectivity index is 2.43. The van der Waals surface area contributed by atoms with E-state index in [-0.39, 0.29) is 28.6 Å². The number of halogens is 3. The third-order valence-corrected chi connectivity index (χ3v) is 5.43. The van der Waals surface area contributed by atoms with Crippen LogP contribution in [0.2, 0.25) is 5.02 Å². The molecule has 0 aliphatic carbocycles. The van der Waals surface area contributed by atoms with E-state index < -0.39 is 22.5 Å². The van der Waals surface area contributed by atoms with Gasteiger partial charge in [-0.2, -0.15) is 8.78 Å². The Morgan fingerprint density at radius 1 is 1.19 bits per heavy atom. The Morgan fingerprint density at radius 3 is 2.38 bits per heavy atom. The molecule has 10 heteroatoms. The number of ether oxygens (including phenoxy) is 1. The zero-order chi connectivity index (χ0) is 19.3. The number of amides is 1. The molecule has 0 spiro atoms. The summed E-state index contributed by atoms with van der Waals surface area (Å²) in [5.74, 6) is -1.01. The van der Waals surface area contributed by atoms with Gasteiger partial charge in [-0.3, -0.25) is 9.10 Å². The first-order chi connectivity index (χ1) is 12.2. The molecule has 2 aromatic carbocycles. The maximum Gasteiger partial charge on any atom is 0.387 e. The van der Waals surface area contributed by atoms with Crippen LogP contribution in [0.25, 0.3) is 0 Å². The summed E-state index contributed by atoms with van der Waals surface area (Å²) >= 11 is 5.84. The molecule has 2 rings (SSSR count). The fourth-order valence-corrected chi connectivity index (χ4v) is 3.94. The van der Waals surface area contributed by atoms with Crippen molar-refractivity contribution in [1.29, 1.82) is 0 Å². The Morgan fingerprint density at radius 2 is 1.85 bits per heavy atom. The van der Waals surface area contributed by atoms with Crippen molar-refractivity contribution in [1.82, 2.24) is 0 Å². The summed E-state index contributed by atoms with van der Waals surface area (Å²) in [5, 5.41) is -0.283. The number of hydrogen-bond acceptors (Lipinski definition) is 4. The summed E-state index contributed by atoms with van der Waals surface area (Å²) < 4.78 is 55.7. The number of alkyl halides is 2. The lowest BCUT2D eigenvalue weighted by atomic mass is 10.3. The lowest BCUT2D eigenvalue weighted by Gasteiger charge is -2.24. The highest BCUT2D eigenvalue weighted by atomic mass is 35.5. The van der Waals surface area contributed by atoms with Crippen LogP contribution in [-0.4, -0.2) is 27.5 Å². The number of benzene rings is 2. The minimum Gasteiger partial charge on any atom is -0.433 e. The van der Waals surface area contributed by atoms with E-state index in [9.17, 15) is 22.0 Å². The molecule has 2 aromatic rings. The Labute approximate surface area is 154 Å². The second-order valence-electron chi connectivity index (χ2n) is 5.10. The van der Waals surface area contributed by atoms with Crippen LogP contribution >= 0.6 is 11.6 Å². The van der Waals surface area contributed by atoms with Gasteiger partial charge in [0.15, 0.2) is 0 Å². The SMILES string of the molecule is NC(=O)CCN(c1ccccc1)S(=O)(=O)c1ccc(OC(F)F)c(Cl)c1. The molecule has 0 fully saturated rings. The summed E-state index contributed by atoms with van der Waals surface area (Å²) in [7, 11) is -4.12. The van der Waals surface area contributed by atoms with E-state index in [0.29, 0.717) is 5.69 Å². The van der Waals surface area contributed by atoms with Crippen LogP contribution in [0.3, 0.4) is 0 Å². The van der Waals surface area contributed by atoms with Crippen LogP contribution in [-0.2, 0) is 14.8 Å². The van der Waals surface area contributed by atoms with Gasteiger partial charge < -0.3 is 10.5 Å². The number of carbonyl (C=O) groups is 1. The van der Waals surface area contributed by atoms with Crippen molar-refractivity contribution in [3.05, 3.63) is 53.6 Å². The van der Waals surface area contributed by atoms with Crippen molar-refractivity contribution in [3.8, 4) is 5.75 Å². The number of nitrogens with zero attached hydrogens (tertiary/aromatic N) is 1. The van der Waals surface area contributed by atoms with E-state index >= 15 is 0 Å². The first kappa shape index (κ1) is 19.9. The van der Waals surface area contributed by atoms with Gasteiger partial charge in [-0.1, -0.05) is 29.8 Å². The number of hydrogen-bond donors (Lipinski definition) is 1. The largest absolute Gasteiger partial charge is 0.433 e. The molecule has 0 heterocycles. The quantitative estimate of drug-likeness (QED) is 0.732. The molecule has 0 saturated carbocycles. The number of rotatable bonds is 8. The molecule has 0 atom stereocenters. The van der Waals surface area contributed by atoms with Gasteiger partial charge >= 0.3 is 6.61 Å². The summed E-state index contributed by atoms with van der Waals surface area (Å²) in [6, 6.07) is 11.2. The minimum atomic E-state index is -4.12. The van der Waals surface area contributed by atoms with Gasteiger partial charge in [0.05, 0.1) is 15.6 Å². The lowest BCUT2D eigenvalue weighted by molar-refractivity contribution is -0.117. The molecular formula is C16H15ClF2N2O4S. The van der Waals surface area contributed by atoms with Gasteiger partial charge in [0, 0.05) is 13.0 Å². The van der Waals surface area contributed by atoms with Gasteiger partial charge in [-0.25, -0.2) is 8.42 Å². The highest BCUT2D eigenvalue weighted by Gasteiger charge is 2.26. The van der Waals surface area contributed by atoms with Crippen molar-refractivity contribution in [2.45, 2.75) is 17.9 Å². The Hall–Kier alpha value is -2.39. The second-order valence-corrected chi connectivity index (χ2v) is 7.37. The van der Waals surface area contributed by atoms with E-state index in [1.807, 2.05) is 0 Å². The Kier molecular flexibility index (Phi) is 6.38. The minimum absolute atomic E-state index is 0.186. The topological polar surface area (TPSA) is 89.7 Å². The van der Waals surface area contributed by atoms with Crippen molar-refractivity contribution >= 4 is 33.2 Å². The number of nitrogens with two attached hydrogens (primary N) is 1. The maximum absolute atomic E-state index is 13.0. The Bertz CT molecular complexity index is 879. The van der Waals surface area contributed by atoms with E-state index in [4.69, 9.17) is 17.3 Å². The van der Waals surface area contributed by atoms with Crippen LogP contribution in [0.5, 0.6) is 5.75 Å². The molecular weight excluding hydrogens is 390 g/mol. The average molecular weight is 405 g/mol. The van der Waals surface area contributed by atoms with Gasteiger partial charge in [-0.15, -0.1) is 0 Å². The lowest BCUT2D eigenvalue weighted by Crippen LogP contribution is -2.34. The first-order valence-corrected chi connectivity index (χ1v) is 9.14. The summed E-state index contributed by atoms with van der Waals surface area (Å²) in [4.78, 5) is 10.9. The number of primary amides is 1. The van der Waals surface area contributed by atoms with Crippen LogP contribution in [0, 0.1) is 0 Å². The van der Waals surface area contributed by atoms with Crippen LogP contribution < -0.4 is 14.8 Å². The van der Waals surface area contributed by atoms with Gasteiger partial charge in [0.1, 0.15) is 5.75 Å².